The molecule has 3 nitrogen and oxygen atoms in total. The summed E-state index contributed by atoms with van der Waals surface area (Å²) in [6.07, 6.45) is -4.50. The van der Waals surface area contributed by atoms with E-state index in [2.05, 4.69) is 4.98 Å². The molecule has 18 heavy (non-hydrogen) atoms. The van der Waals surface area contributed by atoms with Crippen LogP contribution in [-0.2, 0) is 6.18 Å². The molecule has 0 fully saturated rings. The third-order valence-electron chi connectivity index (χ3n) is 2.23. The van der Waals surface area contributed by atoms with E-state index in [-0.39, 0.29) is 21.3 Å². The van der Waals surface area contributed by atoms with Crippen LogP contribution in [0.2, 0.25) is 0 Å². The molecule has 0 bridgehead atoms. The molecule has 1 aromatic heterocycles. The molecule has 0 atom stereocenters. The maximum Gasteiger partial charge on any atom is 0.417 e. The second-order valence-corrected chi connectivity index (χ2v) is 4.42. The fourth-order valence-electron chi connectivity index (χ4n) is 1.53. The number of thiazole rings is 1. The number of benzene rings is 1. The highest BCUT2D eigenvalue weighted by Gasteiger charge is 2.34. The maximum atomic E-state index is 12.8. The van der Waals surface area contributed by atoms with Crippen LogP contribution in [-0.4, -0.2) is 4.98 Å². The summed E-state index contributed by atoms with van der Waals surface area (Å²) in [5.74, 6) is 0. The van der Waals surface area contributed by atoms with Gasteiger partial charge in [0.05, 0.1) is 5.56 Å². The van der Waals surface area contributed by atoms with Crippen LogP contribution in [0.25, 0.3) is 11.3 Å². The maximum absolute atomic E-state index is 12.8. The van der Waals surface area contributed by atoms with Gasteiger partial charge in [-0.1, -0.05) is 29.5 Å². The van der Waals surface area contributed by atoms with E-state index < -0.39 is 11.7 Å². The van der Waals surface area contributed by atoms with E-state index in [1.54, 1.807) is 6.07 Å². The van der Waals surface area contributed by atoms with Crippen molar-refractivity contribution < 1.29 is 13.2 Å². The number of rotatable bonds is 1. The minimum Gasteiger partial charge on any atom is -0.375 e. The lowest BCUT2D eigenvalue weighted by molar-refractivity contribution is -0.137. The van der Waals surface area contributed by atoms with Gasteiger partial charge < -0.3 is 5.73 Å². The number of hydrogen-bond acceptors (Lipinski definition) is 4. The molecule has 92 valence electrons. The second kappa shape index (κ2) is 4.31. The first-order chi connectivity index (χ1) is 8.43. The van der Waals surface area contributed by atoms with Gasteiger partial charge in [-0.25, -0.2) is 4.98 Å². The quantitative estimate of drug-likeness (QED) is 0.864. The molecule has 0 unspecified atom stereocenters. The van der Waals surface area contributed by atoms with Crippen LogP contribution in [0.1, 0.15) is 10.4 Å². The molecule has 2 N–H and O–H groups in total. The van der Waals surface area contributed by atoms with Gasteiger partial charge in [0.1, 0.15) is 16.6 Å². The summed E-state index contributed by atoms with van der Waals surface area (Å²) < 4.78 is 38.5. The molecule has 0 amide bonds. The first-order valence-electron chi connectivity index (χ1n) is 4.76. The van der Waals surface area contributed by atoms with Crippen molar-refractivity contribution in [3.63, 3.8) is 0 Å². The molecule has 1 heterocycles. The highest BCUT2D eigenvalue weighted by molar-refractivity contribution is 7.16. The van der Waals surface area contributed by atoms with E-state index in [4.69, 9.17) is 11.0 Å². The predicted molar refractivity (Wildman–Crippen MR) is 61.7 cm³/mol. The number of nitrogen functional groups attached to an aromatic ring is 1. The van der Waals surface area contributed by atoms with Gasteiger partial charge in [-0.3, -0.25) is 0 Å². The van der Waals surface area contributed by atoms with Crippen LogP contribution in [0, 0.1) is 11.3 Å². The average molecular weight is 269 g/mol. The Kier molecular flexibility index (Phi) is 2.97. The van der Waals surface area contributed by atoms with Crippen molar-refractivity contribution in [2.24, 2.45) is 0 Å². The second-order valence-electron chi connectivity index (χ2n) is 3.38. The Bertz CT molecular complexity index is 625. The molecule has 0 aliphatic heterocycles. The van der Waals surface area contributed by atoms with Crippen molar-refractivity contribution in [3.8, 4) is 17.3 Å². The Balaban J connectivity index is 2.69. The smallest absolute Gasteiger partial charge is 0.375 e. The molecular formula is C11H6F3N3S. The molecule has 0 spiro atoms. The molecular weight excluding hydrogens is 263 g/mol. The fraction of sp³-hybridized carbons (Fsp3) is 0.0909. The van der Waals surface area contributed by atoms with E-state index in [9.17, 15) is 13.2 Å². The molecule has 0 saturated carbocycles. The Morgan fingerprint density at radius 2 is 1.94 bits per heavy atom. The SMILES string of the molecule is N#Cc1sc(N)nc1-c1ccccc1C(F)(F)F. The van der Waals surface area contributed by atoms with Crippen molar-refractivity contribution in [3.05, 3.63) is 34.7 Å². The number of hydrogen-bond donors (Lipinski definition) is 1. The Hall–Kier alpha value is -2.07. The van der Waals surface area contributed by atoms with Gasteiger partial charge in [0.15, 0.2) is 5.13 Å². The van der Waals surface area contributed by atoms with Crippen LogP contribution in [0.15, 0.2) is 24.3 Å². The molecule has 2 rings (SSSR count). The molecule has 0 radical (unpaired) electrons. The van der Waals surface area contributed by atoms with E-state index in [0.717, 1.165) is 17.4 Å². The third-order valence-corrected chi connectivity index (χ3v) is 3.02. The van der Waals surface area contributed by atoms with Gasteiger partial charge in [-0.05, 0) is 6.07 Å². The summed E-state index contributed by atoms with van der Waals surface area (Å²) in [6.45, 7) is 0. The number of nitrogens with two attached hydrogens (primary N) is 1. The van der Waals surface area contributed by atoms with Crippen molar-refractivity contribution in [1.29, 1.82) is 5.26 Å². The normalized spacial score (nSPS) is 11.2. The first-order valence-corrected chi connectivity index (χ1v) is 5.58. The fourth-order valence-corrected chi connectivity index (χ4v) is 2.18. The van der Waals surface area contributed by atoms with Gasteiger partial charge in [0, 0.05) is 5.56 Å². The standard InChI is InChI=1S/C11H6F3N3S/c12-11(13,14)7-4-2-1-3-6(7)9-8(5-15)18-10(16)17-9/h1-4H,(H2,16,17). The number of alkyl halides is 3. The van der Waals surface area contributed by atoms with Crippen LogP contribution in [0.4, 0.5) is 18.3 Å². The highest BCUT2D eigenvalue weighted by Crippen LogP contribution is 2.39. The van der Waals surface area contributed by atoms with Gasteiger partial charge in [0.2, 0.25) is 0 Å². The largest absolute Gasteiger partial charge is 0.417 e. The average Bonchev–Trinajstić information content (AvgIpc) is 2.69. The summed E-state index contributed by atoms with van der Waals surface area (Å²) in [6, 6.07) is 6.77. The molecule has 0 aliphatic carbocycles. The molecule has 2 aromatic rings. The van der Waals surface area contributed by atoms with Crippen molar-refractivity contribution in [2.75, 3.05) is 5.73 Å². The Morgan fingerprint density at radius 3 is 2.56 bits per heavy atom. The van der Waals surface area contributed by atoms with E-state index in [1.807, 2.05) is 0 Å². The monoisotopic (exact) mass is 269 g/mol. The zero-order chi connectivity index (χ0) is 13.3. The Labute approximate surface area is 104 Å². The third kappa shape index (κ3) is 2.15. The summed E-state index contributed by atoms with van der Waals surface area (Å²) >= 11 is 0.867. The van der Waals surface area contributed by atoms with Crippen LogP contribution >= 0.6 is 11.3 Å². The number of nitrogens with zero attached hydrogens (tertiary/aromatic N) is 2. The highest BCUT2D eigenvalue weighted by atomic mass is 32.1. The molecule has 1 aromatic carbocycles. The van der Waals surface area contributed by atoms with E-state index in [1.165, 1.54) is 18.2 Å². The van der Waals surface area contributed by atoms with Gasteiger partial charge in [-0.15, -0.1) is 0 Å². The Morgan fingerprint density at radius 1 is 1.28 bits per heavy atom. The van der Waals surface area contributed by atoms with Crippen molar-refractivity contribution in [2.45, 2.75) is 6.18 Å². The van der Waals surface area contributed by atoms with Crippen molar-refractivity contribution in [1.82, 2.24) is 4.98 Å². The van der Waals surface area contributed by atoms with Crippen LogP contribution < -0.4 is 5.73 Å². The van der Waals surface area contributed by atoms with Gasteiger partial charge in [-0.2, -0.15) is 18.4 Å². The lowest BCUT2D eigenvalue weighted by atomic mass is 10.0. The van der Waals surface area contributed by atoms with Crippen LogP contribution in [0.3, 0.4) is 0 Å². The minimum absolute atomic E-state index is 0.0204. The van der Waals surface area contributed by atoms with Crippen molar-refractivity contribution >= 4 is 16.5 Å². The van der Waals surface area contributed by atoms with Gasteiger partial charge in [0.25, 0.3) is 0 Å². The lowest BCUT2D eigenvalue weighted by Crippen LogP contribution is -2.07. The zero-order valence-electron chi connectivity index (χ0n) is 8.82. The first kappa shape index (κ1) is 12.4. The number of aromatic nitrogens is 1. The number of anilines is 1. The summed E-state index contributed by atoms with van der Waals surface area (Å²) in [7, 11) is 0. The van der Waals surface area contributed by atoms with E-state index >= 15 is 0 Å². The lowest BCUT2D eigenvalue weighted by Gasteiger charge is -2.10. The summed E-state index contributed by atoms with van der Waals surface area (Å²) in [4.78, 5) is 3.87. The molecule has 0 aliphatic rings. The van der Waals surface area contributed by atoms with Crippen LogP contribution in [0.5, 0.6) is 0 Å². The summed E-state index contributed by atoms with van der Waals surface area (Å²) in [5.41, 5.74) is 4.45. The number of nitriles is 1. The van der Waals surface area contributed by atoms with Gasteiger partial charge >= 0.3 is 6.18 Å². The minimum atomic E-state index is -4.50. The predicted octanol–water partition coefficient (Wildman–Crippen LogP) is 3.28. The molecule has 7 heteroatoms. The van der Waals surface area contributed by atoms with E-state index in [0.29, 0.717) is 0 Å². The zero-order valence-corrected chi connectivity index (χ0v) is 9.64. The molecule has 0 saturated heterocycles. The summed E-state index contributed by atoms with van der Waals surface area (Å²) in [5, 5.41) is 8.94. The topological polar surface area (TPSA) is 62.7 Å². The number of halogens is 3.